The van der Waals surface area contributed by atoms with Crippen molar-refractivity contribution < 1.29 is 14.3 Å². The van der Waals surface area contributed by atoms with Gasteiger partial charge in [-0.3, -0.25) is 9.59 Å². The smallest absolute Gasteiger partial charge is 0.320 e. The molecule has 0 saturated carbocycles. The van der Waals surface area contributed by atoms with E-state index in [9.17, 15) is 9.59 Å². The Hall–Kier alpha value is -2.42. The zero-order valence-corrected chi connectivity index (χ0v) is 14.7. The molecule has 0 fully saturated rings. The van der Waals surface area contributed by atoms with Crippen molar-refractivity contribution in [2.75, 3.05) is 0 Å². The van der Waals surface area contributed by atoms with Crippen molar-refractivity contribution in [2.24, 2.45) is 5.41 Å². The van der Waals surface area contributed by atoms with Crippen LogP contribution in [0.2, 0.25) is 0 Å². The van der Waals surface area contributed by atoms with Crippen molar-refractivity contribution in [1.29, 1.82) is 0 Å². The Balaban J connectivity index is 2.40. The number of hydrogen-bond donors (Lipinski definition) is 0. The van der Waals surface area contributed by atoms with Crippen LogP contribution in [0.15, 0.2) is 60.7 Å². The Kier molecular flexibility index (Phi) is 5.23. The van der Waals surface area contributed by atoms with Crippen molar-refractivity contribution in [1.82, 2.24) is 0 Å². The number of benzene rings is 2. The van der Waals surface area contributed by atoms with Crippen LogP contribution in [0.4, 0.5) is 0 Å². The molecule has 3 heteroatoms. The Morgan fingerprint density at radius 2 is 1.33 bits per heavy atom. The lowest BCUT2D eigenvalue weighted by Gasteiger charge is -2.30. The number of ketones is 1. The molecule has 0 N–H and O–H groups in total. The summed E-state index contributed by atoms with van der Waals surface area (Å²) in [6.07, 6.45) is 0.302. The summed E-state index contributed by atoms with van der Waals surface area (Å²) >= 11 is 0. The van der Waals surface area contributed by atoms with Crippen LogP contribution in [0, 0.1) is 5.41 Å². The van der Waals surface area contributed by atoms with E-state index in [-0.39, 0.29) is 5.78 Å². The number of carbonyl (C=O) groups excluding carboxylic acids is 2. The van der Waals surface area contributed by atoms with Gasteiger partial charge in [0, 0.05) is 5.56 Å². The lowest BCUT2D eigenvalue weighted by molar-refractivity contribution is -0.163. The Morgan fingerprint density at radius 3 is 1.83 bits per heavy atom. The van der Waals surface area contributed by atoms with Gasteiger partial charge in [0.25, 0.3) is 0 Å². The van der Waals surface area contributed by atoms with Crippen molar-refractivity contribution in [3.05, 3.63) is 71.8 Å². The first kappa shape index (κ1) is 17.9. The van der Waals surface area contributed by atoms with Gasteiger partial charge in [0.15, 0.2) is 5.78 Å². The Bertz CT molecular complexity index is 699. The van der Waals surface area contributed by atoms with Gasteiger partial charge >= 0.3 is 5.97 Å². The number of esters is 1. The lowest BCUT2D eigenvalue weighted by Crippen LogP contribution is -2.43. The second-order valence-electron chi connectivity index (χ2n) is 7.19. The molecular formula is C21H24O3. The minimum atomic E-state index is -1.27. The zero-order chi connectivity index (χ0) is 17.8. The average molecular weight is 324 g/mol. The summed E-state index contributed by atoms with van der Waals surface area (Å²) in [5.41, 5.74) is -0.473. The summed E-state index contributed by atoms with van der Waals surface area (Å²) in [4.78, 5) is 26.0. The summed E-state index contributed by atoms with van der Waals surface area (Å²) in [6.45, 7) is 7.09. The number of Topliss-reactive ketones (excluding diaryl/α,β-unsaturated/α-hetero) is 1. The van der Waals surface area contributed by atoms with Crippen LogP contribution < -0.4 is 0 Å². The van der Waals surface area contributed by atoms with Gasteiger partial charge in [-0.15, -0.1) is 0 Å². The SMILES string of the molecule is CC(C)(C)OC(=O)C(C)(Cc1ccccc1)C(=O)c1ccccc1. The number of carbonyl (C=O) groups is 2. The molecule has 0 radical (unpaired) electrons. The molecule has 24 heavy (non-hydrogen) atoms. The summed E-state index contributed by atoms with van der Waals surface area (Å²) in [6, 6.07) is 18.5. The van der Waals surface area contributed by atoms with Crippen molar-refractivity contribution >= 4 is 11.8 Å². The molecule has 0 bridgehead atoms. The van der Waals surface area contributed by atoms with E-state index in [2.05, 4.69) is 0 Å². The first-order chi connectivity index (χ1) is 11.2. The minimum absolute atomic E-state index is 0.221. The van der Waals surface area contributed by atoms with Gasteiger partial charge in [0.2, 0.25) is 0 Å². The van der Waals surface area contributed by atoms with Gasteiger partial charge in [-0.25, -0.2) is 0 Å². The molecule has 0 aromatic heterocycles. The highest BCUT2D eigenvalue weighted by atomic mass is 16.6. The fourth-order valence-corrected chi connectivity index (χ4v) is 2.55. The topological polar surface area (TPSA) is 43.4 Å². The molecule has 3 nitrogen and oxygen atoms in total. The molecule has 2 aromatic carbocycles. The molecule has 0 aliphatic heterocycles. The normalized spacial score (nSPS) is 13.8. The van der Waals surface area contributed by atoms with Crippen LogP contribution >= 0.6 is 0 Å². The molecule has 0 amide bonds. The fourth-order valence-electron chi connectivity index (χ4n) is 2.55. The third-order valence-electron chi connectivity index (χ3n) is 3.79. The maximum absolute atomic E-state index is 13.1. The monoisotopic (exact) mass is 324 g/mol. The van der Waals surface area contributed by atoms with E-state index in [1.165, 1.54) is 0 Å². The van der Waals surface area contributed by atoms with Crippen LogP contribution in [-0.4, -0.2) is 17.4 Å². The molecule has 1 atom stereocenters. The number of rotatable bonds is 5. The molecule has 126 valence electrons. The first-order valence-electron chi connectivity index (χ1n) is 8.09. The van der Waals surface area contributed by atoms with E-state index in [4.69, 9.17) is 4.74 Å². The molecule has 1 unspecified atom stereocenters. The summed E-state index contributed by atoms with van der Waals surface area (Å²) < 4.78 is 5.56. The van der Waals surface area contributed by atoms with E-state index in [0.29, 0.717) is 12.0 Å². The highest BCUT2D eigenvalue weighted by Crippen LogP contribution is 2.31. The molecular weight excluding hydrogens is 300 g/mol. The molecule has 0 aliphatic rings. The van der Waals surface area contributed by atoms with Gasteiger partial charge < -0.3 is 4.74 Å². The van der Waals surface area contributed by atoms with Crippen LogP contribution in [0.3, 0.4) is 0 Å². The fraction of sp³-hybridized carbons (Fsp3) is 0.333. The third-order valence-corrected chi connectivity index (χ3v) is 3.79. The van der Waals surface area contributed by atoms with E-state index < -0.39 is 17.0 Å². The summed E-state index contributed by atoms with van der Waals surface area (Å²) in [5.74, 6) is -0.714. The Labute approximate surface area is 143 Å². The maximum Gasteiger partial charge on any atom is 0.320 e. The van der Waals surface area contributed by atoms with E-state index in [0.717, 1.165) is 5.56 Å². The molecule has 0 aliphatic carbocycles. The molecule has 2 rings (SSSR count). The van der Waals surface area contributed by atoms with Gasteiger partial charge in [0.05, 0.1) is 0 Å². The largest absolute Gasteiger partial charge is 0.459 e. The van der Waals surface area contributed by atoms with E-state index in [1.807, 2.05) is 36.4 Å². The van der Waals surface area contributed by atoms with Gasteiger partial charge in [-0.2, -0.15) is 0 Å². The number of ether oxygens (including phenoxy) is 1. The van der Waals surface area contributed by atoms with E-state index in [1.54, 1.807) is 52.0 Å². The first-order valence-corrected chi connectivity index (χ1v) is 8.09. The minimum Gasteiger partial charge on any atom is -0.459 e. The van der Waals surface area contributed by atoms with Crippen molar-refractivity contribution in [3.8, 4) is 0 Å². The lowest BCUT2D eigenvalue weighted by atomic mass is 9.77. The summed E-state index contributed by atoms with van der Waals surface area (Å²) in [7, 11) is 0. The van der Waals surface area contributed by atoms with Crippen LogP contribution in [0.25, 0.3) is 0 Å². The highest BCUT2D eigenvalue weighted by Gasteiger charge is 2.44. The van der Waals surface area contributed by atoms with E-state index >= 15 is 0 Å². The molecule has 0 saturated heterocycles. The molecule has 2 aromatic rings. The van der Waals surface area contributed by atoms with Gasteiger partial charge in [0.1, 0.15) is 11.0 Å². The number of hydrogen-bond acceptors (Lipinski definition) is 3. The Morgan fingerprint density at radius 1 is 0.833 bits per heavy atom. The van der Waals surface area contributed by atoms with Gasteiger partial charge in [-0.05, 0) is 39.7 Å². The second kappa shape index (κ2) is 7.00. The van der Waals surface area contributed by atoms with Crippen molar-refractivity contribution in [2.45, 2.75) is 39.7 Å². The van der Waals surface area contributed by atoms with Crippen LogP contribution in [-0.2, 0) is 16.0 Å². The molecule has 0 heterocycles. The van der Waals surface area contributed by atoms with Gasteiger partial charge in [-0.1, -0.05) is 60.7 Å². The third kappa shape index (κ3) is 4.31. The summed E-state index contributed by atoms with van der Waals surface area (Å²) in [5, 5.41) is 0. The average Bonchev–Trinajstić information content (AvgIpc) is 2.54. The second-order valence-corrected chi connectivity index (χ2v) is 7.19. The van der Waals surface area contributed by atoms with Crippen LogP contribution in [0.5, 0.6) is 0 Å². The zero-order valence-electron chi connectivity index (χ0n) is 14.7. The van der Waals surface area contributed by atoms with Crippen molar-refractivity contribution in [3.63, 3.8) is 0 Å². The predicted octanol–water partition coefficient (Wildman–Crippen LogP) is 4.46. The standard InChI is InChI=1S/C21H24O3/c1-20(2,3)24-19(23)21(4,15-16-11-7-5-8-12-16)18(22)17-13-9-6-10-14-17/h5-14H,15H2,1-4H3. The highest BCUT2D eigenvalue weighted by molar-refractivity contribution is 6.12. The maximum atomic E-state index is 13.1. The molecule has 0 spiro atoms. The predicted molar refractivity (Wildman–Crippen MR) is 94.9 cm³/mol. The quantitative estimate of drug-likeness (QED) is 0.463. The van der Waals surface area contributed by atoms with Crippen LogP contribution in [0.1, 0.15) is 43.6 Å².